The number of ether oxygens (including phenoxy) is 1. The number of H-pyrrole nitrogens is 1. The molecule has 2 aromatic heterocycles. The summed E-state index contributed by atoms with van der Waals surface area (Å²) in [6.07, 6.45) is 1.76. The monoisotopic (exact) mass is 428 g/mol. The molecule has 3 heterocycles. The van der Waals surface area contributed by atoms with Crippen LogP contribution in [-0.4, -0.2) is 59.4 Å². The molecule has 9 nitrogen and oxygen atoms in total. The predicted molar refractivity (Wildman–Crippen MR) is 112 cm³/mol. The first-order chi connectivity index (χ1) is 14.4. The minimum Gasteiger partial charge on any atom is -0.481 e. The first-order valence-corrected chi connectivity index (χ1v) is 11.5. The topological polar surface area (TPSA) is 113 Å². The van der Waals surface area contributed by atoms with Crippen molar-refractivity contribution in [1.82, 2.24) is 29.8 Å². The summed E-state index contributed by atoms with van der Waals surface area (Å²) in [5.41, 5.74) is 1.76. The van der Waals surface area contributed by atoms with E-state index in [9.17, 15) is 8.42 Å². The van der Waals surface area contributed by atoms with Gasteiger partial charge in [-0.05, 0) is 12.5 Å². The number of pyridine rings is 1. The molecule has 1 saturated heterocycles. The Balaban J connectivity index is 1.60. The van der Waals surface area contributed by atoms with Gasteiger partial charge in [-0.25, -0.2) is 23.1 Å². The summed E-state index contributed by atoms with van der Waals surface area (Å²) in [4.78, 5) is 11.3. The lowest BCUT2D eigenvalue weighted by Crippen LogP contribution is -2.36. The Bertz CT molecular complexity index is 1100. The summed E-state index contributed by atoms with van der Waals surface area (Å²) in [6, 6.07) is 15.0. The molecule has 30 heavy (non-hydrogen) atoms. The van der Waals surface area contributed by atoms with Crippen LogP contribution in [0.5, 0.6) is 5.88 Å². The van der Waals surface area contributed by atoms with E-state index < -0.39 is 10.0 Å². The zero-order chi connectivity index (χ0) is 21.1. The van der Waals surface area contributed by atoms with Crippen LogP contribution < -0.4 is 9.46 Å². The third kappa shape index (κ3) is 4.84. The van der Waals surface area contributed by atoms with Gasteiger partial charge in [0.2, 0.25) is 15.9 Å². The van der Waals surface area contributed by atoms with Crippen molar-refractivity contribution in [1.29, 1.82) is 0 Å². The number of hydrogen-bond donors (Lipinski definition) is 2. The van der Waals surface area contributed by atoms with Gasteiger partial charge >= 0.3 is 0 Å². The van der Waals surface area contributed by atoms with Gasteiger partial charge in [0.05, 0.1) is 25.1 Å². The van der Waals surface area contributed by atoms with Gasteiger partial charge in [0.25, 0.3) is 0 Å². The summed E-state index contributed by atoms with van der Waals surface area (Å²) in [5.74, 6) is 1.86. The van der Waals surface area contributed by atoms with Crippen LogP contribution in [0, 0.1) is 0 Å². The molecule has 4 rings (SSSR count). The maximum absolute atomic E-state index is 11.8. The molecular weight excluding hydrogens is 404 g/mol. The number of nitrogens with zero attached hydrogens (tertiary/aromatic N) is 4. The van der Waals surface area contributed by atoms with Crippen molar-refractivity contribution in [2.24, 2.45) is 0 Å². The third-order valence-electron chi connectivity index (χ3n) is 4.99. The van der Waals surface area contributed by atoms with Crippen molar-refractivity contribution in [2.45, 2.75) is 25.0 Å². The van der Waals surface area contributed by atoms with Crippen LogP contribution in [0.4, 0.5) is 0 Å². The molecule has 2 atom stereocenters. The van der Waals surface area contributed by atoms with E-state index in [0.717, 1.165) is 11.3 Å². The quantitative estimate of drug-likeness (QED) is 0.589. The highest BCUT2D eigenvalue weighted by Gasteiger charge is 2.36. The van der Waals surface area contributed by atoms with E-state index in [2.05, 4.69) is 29.8 Å². The maximum Gasteiger partial charge on any atom is 0.213 e. The second-order valence-electron chi connectivity index (χ2n) is 7.35. The SMILES string of the molecule is COc1cccc(CN2C[C@@H](NS(C)(=O)=O)C[C@H]2c2nc(-c3ccccc3)n[nH]2)n1. The molecule has 1 aliphatic heterocycles. The second kappa shape index (κ2) is 8.50. The average Bonchev–Trinajstić information content (AvgIpc) is 3.35. The van der Waals surface area contributed by atoms with Gasteiger partial charge < -0.3 is 4.74 Å². The van der Waals surface area contributed by atoms with Crippen LogP contribution in [0.3, 0.4) is 0 Å². The molecule has 1 aromatic carbocycles. The van der Waals surface area contributed by atoms with Crippen molar-refractivity contribution in [3.05, 3.63) is 60.0 Å². The van der Waals surface area contributed by atoms with Crippen LogP contribution in [0.25, 0.3) is 11.4 Å². The minimum atomic E-state index is -3.32. The molecule has 10 heteroatoms. The summed E-state index contributed by atoms with van der Waals surface area (Å²) >= 11 is 0. The van der Waals surface area contributed by atoms with E-state index >= 15 is 0 Å². The molecule has 3 aromatic rings. The fourth-order valence-corrected chi connectivity index (χ4v) is 4.53. The molecule has 0 unspecified atom stereocenters. The van der Waals surface area contributed by atoms with E-state index in [4.69, 9.17) is 4.74 Å². The normalized spacial score (nSPS) is 19.8. The smallest absolute Gasteiger partial charge is 0.213 e. The Labute approximate surface area is 175 Å². The van der Waals surface area contributed by atoms with Crippen molar-refractivity contribution in [3.63, 3.8) is 0 Å². The maximum atomic E-state index is 11.8. The summed E-state index contributed by atoms with van der Waals surface area (Å²) in [6.45, 7) is 1.07. The summed E-state index contributed by atoms with van der Waals surface area (Å²) < 4.78 is 31.5. The van der Waals surface area contributed by atoms with Crippen LogP contribution in [-0.2, 0) is 16.6 Å². The number of aromatic amines is 1. The van der Waals surface area contributed by atoms with Gasteiger partial charge in [-0.2, -0.15) is 5.10 Å². The molecule has 0 spiro atoms. The molecule has 1 aliphatic rings. The average molecular weight is 429 g/mol. The van der Waals surface area contributed by atoms with Gasteiger partial charge in [-0.1, -0.05) is 36.4 Å². The summed E-state index contributed by atoms with van der Waals surface area (Å²) in [7, 11) is -1.74. The molecule has 0 bridgehead atoms. The van der Waals surface area contributed by atoms with Gasteiger partial charge in [-0.3, -0.25) is 10.00 Å². The fourth-order valence-electron chi connectivity index (χ4n) is 3.76. The van der Waals surface area contributed by atoms with Gasteiger partial charge in [0.1, 0.15) is 5.82 Å². The Morgan fingerprint density at radius 3 is 2.70 bits per heavy atom. The number of benzene rings is 1. The van der Waals surface area contributed by atoms with Crippen LogP contribution in [0.1, 0.15) is 24.0 Å². The van der Waals surface area contributed by atoms with E-state index in [1.807, 2.05) is 42.5 Å². The van der Waals surface area contributed by atoms with Crippen LogP contribution in [0.2, 0.25) is 0 Å². The van der Waals surface area contributed by atoms with E-state index in [1.165, 1.54) is 6.26 Å². The standard InChI is InChI=1S/C20H24N6O3S/c1-29-18-10-6-9-15(21-18)12-26-13-16(25-30(2,27)28)11-17(26)20-22-19(23-24-20)14-7-4-3-5-8-14/h3-10,16-17,25H,11-13H2,1-2H3,(H,22,23,24)/t16-,17-/m0/s1. The van der Waals surface area contributed by atoms with Crippen LogP contribution >= 0.6 is 0 Å². The number of methoxy groups -OCH3 is 1. The number of rotatable bonds is 7. The third-order valence-corrected chi connectivity index (χ3v) is 5.75. The van der Waals surface area contributed by atoms with Crippen molar-refractivity contribution in [2.75, 3.05) is 19.9 Å². The Kier molecular flexibility index (Phi) is 5.80. The second-order valence-corrected chi connectivity index (χ2v) is 9.13. The fraction of sp³-hybridized carbons (Fsp3) is 0.350. The van der Waals surface area contributed by atoms with Crippen molar-refractivity contribution in [3.8, 4) is 17.3 Å². The van der Waals surface area contributed by atoms with Crippen LogP contribution in [0.15, 0.2) is 48.5 Å². The molecule has 1 fully saturated rings. The van der Waals surface area contributed by atoms with Gasteiger partial charge in [0, 0.05) is 30.8 Å². The first kappa shape index (κ1) is 20.5. The number of likely N-dealkylation sites (tertiary alicyclic amines) is 1. The van der Waals surface area contributed by atoms with Crippen molar-refractivity contribution < 1.29 is 13.2 Å². The predicted octanol–water partition coefficient (Wildman–Crippen LogP) is 1.74. The van der Waals surface area contributed by atoms with E-state index in [0.29, 0.717) is 37.0 Å². The zero-order valence-corrected chi connectivity index (χ0v) is 17.6. The lowest BCUT2D eigenvalue weighted by Gasteiger charge is -2.22. The Hall–Kier alpha value is -2.82. The van der Waals surface area contributed by atoms with Gasteiger partial charge in [-0.15, -0.1) is 0 Å². The Morgan fingerprint density at radius 1 is 1.17 bits per heavy atom. The minimum absolute atomic E-state index is 0.123. The summed E-state index contributed by atoms with van der Waals surface area (Å²) in [5, 5.41) is 7.41. The van der Waals surface area contributed by atoms with Crippen molar-refractivity contribution >= 4 is 10.0 Å². The molecule has 2 N–H and O–H groups in total. The highest BCUT2D eigenvalue weighted by molar-refractivity contribution is 7.88. The first-order valence-electron chi connectivity index (χ1n) is 9.60. The Morgan fingerprint density at radius 2 is 1.97 bits per heavy atom. The molecule has 0 saturated carbocycles. The highest BCUT2D eigenvalue weighted by Crippen LogP contribution is 2.32. The number of hydrogen-bond acceptors (Lipinski definition) is 7. The molecule has 158 valence electrons. The lowest BCUT2D eigenvalue weighted by molar-refractivity contribution is 0.235. The van der Waals surface area contributed by atoms with E-state index in [-0.39, 0.29) is 12.1 Å². The number of sulfonamides is 1. The zero-order valence-electron chi connectivity index (χ0n) is 16.8. The molecular formula is C20H24N6O3S. The number of aromatic nitrogens is 4. The molecule has 0 radical (unpaired) electrons. The molecule has 0 aliphatic carbocycles. The van der Waals surface area contributed by atoms with Gasteiger partial charge in [0.15, 0.2) is 5.82 Å². The van der Waals surface area contributed by atoms with E-state index in [1.54, 1.807) is 13.2 Å². The lowest BCUT2D eigenvalue weighted by atomic mass is 10.1. The highest BCUT2D eigenvalue weighted by atomic mass is 32.2. The molecule has 0 amide bonds. The number of nitrogens with one attached hydrogen (secondary N) is 2. The largest absolute Gasteiger partial charge is 0.481 e.